The van der Waals surface area contributed by atoms with E-state index in [4.69, 9.17) is 23.2 Å². The second kappa shape index (κ2) is 8.52. The standard InChI is InChI=1S/C23H17Cl2N3O/c24-20-9-5-4-8-19(20)14-28-15-21(25)22(27-28)26-23(29)18-12-10-17(11-13-18)16-6-2-1-3-7-16/h1-13,15H,14H2,(H,26,27,29). The van der Waals surface area contributed by atoms with E-state index in [9.17, 15) is 4.79 Å². The third-order valence-corrected chi connectivity index (χ3v) is 5.14. The highest BCUT2D eigenvalue weighted by atomic mass is 35.5. The Morgan fingerprint density at radius 2 is 1.48 bits per heavy atom. The van der Waals surface area contributed by atoms with E-state index in [-0.39, 0.29) is 5.91 Å². The minimum absolute atomic E-state index is 0.269. The van der Waals surface area contributed by atoms with E-state index >= 15 is 0 Å². The van der Waals surface area contributed by atoms with E-state index in [0.717, 1.165) is 16.7 Å². The smallest absolute Gasteiger partial charge is 0.256 e. The number of anilines is 1. The Morgan fingerprint density at radius 1 is 0.828 bits per heavy atom. The van der Waals surface area contributed by atoms with E-state index in [2.05, 4.69) is 10.4 Å². The lowest BCUT2D eigenvalue weighted by molar-refractivity contribution is 0.102. The van der Waals surface area contributed by atoms with Crippen molar-refractivity contribution in [2.75, 3.05) is 5.32 Å². The number of aromatic nitrogens is 2. The van der Waals surface area contributed by atoms with Crippen LogP contribution in [0.4, 0.5) is 5.82 Å². The van der Waals surface area contributed by atoms with Crippen LogP contribution < -0.4 is 5.32 Å². The molecule has 1 aromatic heterocycles. The summed E-state index contributed by atoms with van der Waals surface area (Å²) in [6, 6.07) is 24.9. The Morgan fingerprint density at radius 3 is 2.21 bits per heavy atom. The Labute approximate surface area is 178 Å². The zero-order valence-corrected chi connectivity index (χ0v) is 16.9. The molecule has 0 fully saturated rings. The molecule has 4 aromatic rings. The van der Waals surface area contributed by atoms with Crippen molar-refractivity contribution in [1.82, 2.24) is 9.78 Å². The lowest BCUT2D eigenvalue weighted by Crippen LogP contribution is -2.13. The number of hydrogen-bond donors (Lipinski definition) is 1. The summed E-state index contributed by atoms with van der Waals surface area (Å²) < 4.78 is 1.65. The van der Waals surface area contributed by atoms with E-state index in [1.54, 1.807) is 23.0 Å². The number of halogens is 2. The fraction of sp³-hybridized carbons (Fsp3) is 0.0435. The molecule has 0 unspecified atom stereocenters. The van der Waals surface area contributed by atoms with Gasteiger partial charge in [0.1, 0.15) is 5.02 Å². The van der Waals surface area contributed by atoms with E-state index in [1.807, 2.05) is 66.7 Å². The molecule has 3 aromatic carbocycles. The predicted molar refractivity (Wildman–Crippen MR) is 118 cm³/mol. The molecule has 0 bridgehead atoms. The van der Waals surface area contributed by atoms with Crippen LogP contribution in [0, 0.1) is 0 Å². The summed E-state index contributed by atoms with van der Waals surface area (Å²) in [6.07, 6.45) is 1.67. The average molecular weight is 422 g/mol. The van der Waals surface area contributed by atoms with Gasteiger partial charge in [-0.15, -0.1) is 0 Å². The summed E-state index contributed by atoms with van der Waals surface area (Å²) in [5, 5.41) is 8.16. The summed E-state index contributed by atoms with van der Waals surface area (Å²) in [5.41, 5.74) is 3.59. The molecule has 0 saturated carbocycles. The summed E-state index contributed by atoms with van der Waals surface area (Å²) in [7, 11) is 0. The number of benzene rings is 3. The van der Waals surface area contributed by atoms with Gasteiger partial charge in [-0.2, -0.15) is 5.10 Å². The molecule has 1 N–H and O–H groups in total. The maximum atomic E-state index is 12.6. The second-order valence-electron chi connectivity index (χ2n) is 6.51. The monoisotopic (exact) mass is 421 g/mol. The molecular formula is C23H17Cl2N3O. The van der Waals surface area contributed by atoms with Gasteiger partial charge in [0.2, 0.25) is 0 Å². The number of hydrogen-bond acceptors (Lipinski definition) is 2. The first kappa shape index (κ1) is 19.2. The van der Waals surface area contributed by atoms with Crippen molar-refractivity contribution < 1.29 is 4.79 Å². The van der Waals surface area contributed by atoms with Gasteiger partial charge in [-0.05, 0) is 34.9 Å². The van der Waals surface area contributed by atoms with Crippen LogP contribution >= 0.6 is 23.2 Å². The van der Waals surface area contributed by atoms with Gasteiger partial charge in [0.25, 0.3) is 5.91 Å². The fourth-order valence-corrected chi connectivity index (χ4v) is 3.38. The minimum Gasteiger partial charge on any atom is -0.304 e. The second-order valence-corrected chi connectivity index (χ2v) is 7.33. The largest absolute Gasteiger partial charge is 0.304 e. The molecule has 0 radical (unpaired) electrons. The van der Waals surface area contributed by atoms with Gasteiger partial charge in [0, 0.05) is 16.8 Å². The Bertz CT molecular complexity index is 1140. The zero-order valence-electron chi connectivity index (χ0n) is 15.3. The summed E-state index contributed by atoms with van der Waals surface area (Å²) in [4.78, 5) is 12.6. The molecule has 1 heterocycles. The maximum Gasteiger partial charge on any atom is 0.256 e. The molecular weight excluding hydrogens is 405 g/mol. The van der Waals surface area contributed by atoms with Gasteiger partial charge in [-0.25, -0.2) is 0 Å². The van der Waals surface area contributed by atoms with Crippen LogP contribution in [0.1, 0.15) is 15.9 Å². The normalized spacial score (nSPS) is 10.7. The van der Waals surface area contributed by atoms with Crippen LogP contribution in [0.5, 0.6) is 0 Å². The van der Waals surface area contributed by atoms with Gasteiger partial charge in [0.15, 0.2) is 5.82 Å². The minimum atomic E-state index is -0.269. The predicted octanol–water partition coefficient (Wildman–Crippen LogP) is 6.16. The Balaban J connectivity index is 1.47. The summed E-state index contributed by atoms with van der Waals surface area (Å²) >= 11 is 12.5. The number of carbonyl (C=O) groups excluding carboxylic acids is 1. The first-order valence-electron chi connectivity index (χ1n) is 9.03. The number of carbonyl (C=O) groups is 1. The lowest BCUT2D eigenvalue weighted by Gasteiger charge is -2.06. The molecule has 0 saturated heterocycles. The maximum absolute atomic E-state index is 12.6. The molecule has 4 nitrogen and oxygen atoms in total. The van der Waals surface area contributed by atoms with Crippen molar-refractivity contribution >= 4 is 34.9 Å². The highest BCUT2D eigenvalue weighted by Crippen LogP contribution is 2.23. The molecule has 29 heavy (non-hydrogen) atoms. The van der Waals surface area contributed by atoms with Crippen molar-refractivity contribution in [2.24, 2.45) is 0 Å². The van der Waals surface area contributed by atoms with E-state index in [1.165, 1.54) is 0 Å². The van der Waals surface area contributed by atoms with Crippen molar-refractivity contribution in [3.05, 3.63) is 106 Å². The van der Waals surface area contributed by atoms with Gasteiger partial charge in [-0.1, -0.05) is 83.9 Å². The van der Waals surface area contributed by atoms with Crippen LogP contribution in [0.15, 0.2) is 85.1 Å². The van der Waals surface area contributed by atoms with Crippen LogP contribution in [0.2, 0.25) is 10.0 Å². The number of amides is 1. The van der Waals surface area contributed by atoms with Gasteiger partial charge in [-0.3, -0.25) is 9.48 Å². The fourth-order valence-electron chi connectivity index (χ4n) is 2.99. The molecule has 4 rings (SSSR count). The lowest BCUT2D eigenvalue weighted by atomic mass is 10.0. The van der Waals surface area contributed by atoms with Crippen molar-refractivity contribution in [3.63, 3.8) is 0 Å². The molecule has 1 amide bonds. The highest BCUT2D eigenvalue weighted by molar-refractivity contribution is 6.33. The van der Waals surface area contributed by atoms with Gasteiger partial charge in [0.05, 0.1) is 6.54 Å². The first-order chi connectivity index (χ1) is 14.1. The molecule has 144 valence electrons. The molecule has 0 aliphatic heterocycles. The topological polar surface area (TPSA) is 46.9 Å². The van der Waals surface area contributed by atoms with Gasteiger partial charge >= 0.3 is 0 Å². The van der Waals surface area contributed by atoms with E-state index < -0.39 is 0 Å². The summed E-state index contributed by atoms with van der Waals surface area (Å²) in [6.45, 7) is 0.459. The number of nitrogens with zero attached hydrogens (tertiary/aromatic N) is 2. The molecule has 0 atom stereocenters. The van der Waals surface area contributed by atoms with Crippen LogP contribution in [-0.2, 0) is 6.54 Å². The number of nitrogens with one attached hydrogen (secondary N) is 1. The Hall–Kier alpha value is -3.08. The van der Waals surface area contributed by atoms with Crippen molar-refractivity contribution in [2.45, 2.75) is 6.54 Å². The first-order valence-corrected chi connectivity index (χ1v) is 9.79. The third kappa shape index (κ3) is 4.50. The van der Waals surface area contributed by atoms with E-state index in [0.29, 0.717) is 28.0 Å². The molecule has 0 aliphatic rings. The molecule has 6 heteroatoms. The summed E-state index contributed by atoms with van der Waals surface area (Å²) in [5.74, 6) is 0.0466. The molecule has 0 spiro atoms. The van der Waals surface area contributed by atoms with Crippen molar-refractivity contribution in [1.29, 1.82) is 0 Å². The Kier molecular flexibility index (Phi) is 5.65. The number of rotatable bonds is 5. The average Bonchev–Trinajstić information content (AvgIpc) is 3.09. The third-order valence-electron chi connectivity index (χ3n) is 4.49. The molecule has 0 aliphatic carbocycles. The van der Waals surface area contributed by atoms with Crippen LogP contribution in [0.3, 0.4) is 0 Å². The van der Waals surface area contributed by atoms with Crippen molar-refractivity contribution in [3.8, 4) is 11.1 Å². The quantitative estimate of drug-likeness (QED) is 0.419. The highest BCUT2D eigenvalue weighted by Gasteiger charge is 2.13. The van der Waals surface area contributed by atoms with Crippen LogP contribution in [0.25, 0.3) is 11.1 Å². The zero-order chi connectivity index (χ0) is 20.2. The van der Waals surface area contributed by atoms with Crippen LogP contribution in [-0.4, -0.2) is 15.7 Å². The van der Waals surface area contributed by atoms with Gasteiger partial charge < -0.3 is 5.32 Å². The SMILES string of the molecule is O=C(Nc1nn(Cc2ccccc2Cl)cc1Cl)c1ccc(-c2ccccc2)cc1.